The first-order valence-corrected chi connectivity index (χ1v) is 8.51. The normalized spacial score (nSPS) is 16.7. The number of benzene rings is 1. The van der Waals surface area contributed by atoms with E-state index in [-0.39, 0.29) is 0 Å². The lowest BCUT2D eigenvalue weighted by Gasteiger charge is -2.32. The minimum Gasteiger partial charge on any atom is -0.372 e. The molecule has 0 bridgehead atoms. The predicted molar refractivity (Wildman–Crippen MR) is 95.5 cm³/mol. The highest BCUT2D eigenvalue weighted by Gasteiger charge is 2.15. The van der Waals surface area contributed by atoms with Gasteiger partial charge in [0.2, 0.25) is 0 Å². The average molecular weight is 302 g/mol. The van der Waals surface area contributed by atoms with Crippen molar-refractivity contribution in [2.45, 2.75) is 39.7 Å². The highest BCUT2D eigenvalue weighted by Crippen LogP contribution is 2.23. The van der Waals surface area contributed by atoms with E-state index in [9.17, 15) is 0 Å². The minimum atomic E-state index is 0.806. The molecule has 0 unspecified atom stereocenters. The summed E-state index contributed by atoms with van der Waals surface area (Å²) in [7, 11) is 1.81. The third-order valence-corrected chi connectivity index (χ3v) is 4.31. The number of guanidine groups is 1. The van der Waals surface area contributed by atoms with Crippen molar-refractivity contribution in [1.29, 1.82) is 0 Å². The quantitative estimate of drug-likeness (QED) is 0.649. The Bertz CT molecular complexity index is 458. The minimum absolute atomic E-state index is 0.806. The van der Waals surface area contributed by atoms with Crippen LogP contribution in [0.25, 0.3) is 0 Å². The van der Waals surface area contributed by atoms with Crippen LogP contribution >= 0.6 is 0 Å². The zero-order valence-corrected chi connectivity index (χ0v) is 14.2. The maximum atomic E-state index is 4.22. The molecule has 4 heteroatoms. The molecule has 0 amide bonds. The summed E-state index contributed by atoms with van der Waals surface area (Å²) >= 11 is 0. The van der Waals surface area contributed by atoms with Gasteiger partial charge in [-0.25, -0.2) is 0 Å². The Kier molecular flexibility index (Phi) is 6.56. The van der Waals surface area contributed by atoms with Crippen LogP contribution in [0.15, 0.2) is 29.3 Å². The molecule has 0 atom stereocenters. The van der Waals surface area contributed by atoms with Crippen molar-refractivity contribution in [3.63, 3.8) is 0 Å². The van der Waals surface area contributed by atoms with Crippen molar-refractivity contribution in [3.8, 4) is 0 Å². The number of nitrogens with one attached hydrogen (secondary N) is 2. The van der Waals surface area contributed by atoms with Crippen LogP contribution in [0.5, 0.6) is 0 Å². The largest absolute Gasteiger partial charge is 0.372 e. The highest BCUT2D eigenvalue weighted by atomic mass is 15.2. The van der Waals surface area contributed by atoms with Crippen LogP contribution < -0.4 is 15.5 Å². The standard InChI is InChI=1S/C18H30N4/c1-4-11-20-18(19-3)21-14-16-5-7-17(8-6-16)22-12-9-15(2)10-13-22/h5-8,15H,4,9-14H2,1-3H3,(H2,19,20,21). The van der Waals surface area contributed by atoms with Crippen LogP contribution in [-0.4, -0.2) is 32.6 Å². The molecule has 1 aliphatic rings. The molecule has 0 aliphatic carbocycles. The second-order valence-electron chi connectivity index (χ2n) is 6.19. The number of piperidine rings is 1. The van der Waals surface area contributed by atoms with Crippen molar-refractivity contribution in [2.24, 2.45) is 10.9 Å². The summed E-state index contributed by atoms with van der Waals surface area (Å²) < 4.78 is 0. The molecule has 2 N–H and O–H groups in total. The smallest absolute Gasteiger partial charge is 0.191 e. The molecular formula is C18H30N4. The van der Waals surface area contributed by atoms with Gasteiger partial charge in [0, 0.05) is 38.9 Å². The number of nitrogens with zero attached hydrogens (tertiary/aromatic N) is 2. The summed E-state index contributed by atoms with van der Waals surface area (Å²) in [6, 6.07) is 8.92. The monoisotopic (exact) mass is 302 g/mol. The van der Waals surface area contributed by atoms with Gasteiger partial charge < -0.3 is 15.5 Å². The topological polar surface area (TPSA) is 39.7 Å². The lowest BCUT2D eigenvalue weighted by molar-refractivity contribution is 0.438. The molecular weight excluding hydrogens is 272 g/mol. The lowest BCUT2D eigenvalue weighted by atomic mass is 9.99. The molecule has 1 aromatic carbocycles. The second-order valence-corrected chi connectivity index (χ2v) is 6.19. The fourth-order valence-electron chi connectivity index (χ4n) is 2.74. The maximum absolute atomic E-state index is 4.22. The number of hydrogen-bond donors (Lipinski definition) is 2. The second kappa shape index (κ2) is 8.66. The van der Waals surface area contributed by atoms with E-state index in [0.29, 0.717) is 0 Å². The van der Waals surface area contributed by atoms with E-state index >= 15 is 0 Å². The molecule has 0 spiro atoms. The van der Waals surface area contributed by atoms with Gasteiger partial charge >= 0.3 is 0 Å². The maximum Gasteiger partial charge on any atom is 0.191 e. The summed E-state index contributed by atoms with van der Waals surface area (Å²) in [6.45, 7) is 8.64. The molecule has 0 radical (unpaired) electrons. The summed E-state index contributed by atoms with van der Waals surface area (Å²) in [6.07, 6.45) is 3.72. The summed E-state index contributed by atoms with van der Waals surface area (Å²) in [5, 5.41) is 6.64. The first-order chi connectivity index (χ1) is 10.7. The molecule has 0 aromatic heterocycles. The SMILES string of the molecule is CCCNC(=NC)NCc1ccc(N2CCC(C)CC2)cc1. The fraction of sp³-hybridized carbons (Fsp3) is 0.611. The Labute approximate surface area is 135 Å². The van der Waals surface area contributed by atoms with E-state index in [1.165, 1.54) is 37.2 Å². The van der Waals surface area contributed by atoms with Crippen LogP contribution in [0.4, 0.5) is 5.69 Å². The van der Waals surface area contributed by atoms with Gasteiger partial charge in [-0.15, -0.1) is 0 Å². The van der Waals surface area contributed by atoms with Gasteiger partial charge in [0.05, 0.1) is 0 Å². The van der Waals surface area contributed by atoms with Gasteiger partial charge in [-0.3, -0.25) is 4.99 Å². The van der Waals surface area contributed by atoms with Gasteiger partial charge in [-0.05, 0) is 42.9 Å². The molecule has 0 saturated carbocycles. The molecule has 2 rings (SSSR count). The Morgan fingerprint density at radius 3 is 2.45 bits per heavy atom. The van der Waals surface area contributed by atoms with Gasteiger partial charge in [-0.2, -0.15) is 0 Å². The van der Waals surface area contributed by atoms with Crippen LogP contribution in [0.2, 0.25) is 0 Å². The van der Waals surface area contributed by atoms with Gasteiger partial charge in [0.25, 0.3) is 0 Å². The number of anilines is 1. The van der Waals surface area contributed by atoms with E-state index in [4.69, 9.17) is 0 Å². The molecule has 1 fully saturated rings. The summed E-state index contributed by atoms with van der Waals surface area (Å²) in [5.74, 6) is 1.75. The Morgan fingerprint density at radius 2 is 1.86 bits per heavy atom. The average Bonchev–Trinajstić information content (AvgIpc) is 2.56. The molecule has 122 valence electrons. The third-order valence-electron chi connectivity index (χ3n) is 4.31. The zero-order valence-electron chi connectivity index (χ0n) is 14.2. The van der Waals surface area contributed by atoms with Crippen molar-refractivity contribution >= 4 is 11.6 Å². The molecule has 1 aromatic rings. The summed E-state index contributed by atoms with van der Waals surface area (Å²) in [4.78, 5) is 6.72. The molecule has 4 nitrogen and oxygen atoms in total. The van der Waals surface area contributed by atoms with E-state index in [0.717, 1.165) is 31.4 Å². The lowest BCUT2D eigenvalue weighted by Crippen LogP contribution is -2.37. The van der Waals surface area contributed by atoms with Gasteiger partial charge in [0.15, 0.2) is 5.96 Å². The Morgan fingerprint density at radius 1 is 1.18 bits per heavy atom. The van der Waals surface area contributed by atoms with Crippen molar-refractivity contribution in [3.05, 3.63) is 29.8 Å². The van der Waals surface area contributed by atoms with Crippen molar-refractivity contribution in [1.82, 2.24) is 10.6 Å². The molecule has 22 heavy (non-hydrogen) atoms. The van der Waals surface area contributed by atoms with Crippen molar-refractivity contribution in [2.75, 3.05) is 31.6 Å². The first-order valence-electron chi connectivity index (χ1n) is 8.51. The predicted octanol–water partition coefficient (Wildman–Crippen LogP) is 3.00. The first kappa shape index (κ1) is 16.7. The van der Waals surface area contributed by atoms with Crippen LogP contribution in [-0.2, 0) is 6.54 Å². The van der Waals surface area contributed by atoms with Gasteiger partial charge in [-0.1, -0.05) is 26.0 Å². The summed E-state index contributed by atoms with van der Waals surface area (Å²) in [5.41, 5.74) is 2.64. The molecule has 1 aliphatic heterocycles. The van der Waals surface area contributed by atoms with E-state index in [1.54, 1.807) is 0 Å². The third kappa shape index (κ3) is 4.93. The highest BCUT2D eigenvalue weighted by molar-refractivity contribution is 5.79. The molecule has 1 heterocycles. The number of hydrogen-bond acceptors (Lipinski definition) is 2. The zero-order chi connectivity index (χ0) is 15.8. The van der Waals surface area contributed by atoms with E-state index in [2.05, 4.69) is 58.6 Å². The fourth-order valence-corrected chi connectivity index (χ4v) is 2.74. The number of aliphatic imine (C=N–C) groups is 1. The van der Waals surface area contributed by atoms with Crippen molar-refractivity contribution < 1.29 is 0 Å². The van der Waals surface area contributed by atoms with Crippen LogP contribution in [0, 0.1) is 5.92 Å². The van der Waals surface area contributed by atoms with Crippen LogP contribution in [0.1, 0.15) is 38.7 Å². The Balaban J connectivity index is 1.84. The van der Waals surface area contributed by atoms with Crippen LogP contribution in [0.3, 0.4) is 0 Å². The number of rotatable bonds is 5. The molecule has 1 saturated heterocycles. The van der Waals surface area contributed by atoms with Gasteiger partial charge in [0.1, 0.15) is 0 Å². The Hall–Kier alpha value is -1.71. The van der Waals surface area contributed by atoms with E-state index < -0.39 is 0 Å². The van der Waals surface area contributed by atoms with E-state index in [1.807, 2.05) is 7.05 Å².